The number of benzene rings is 2. The lowest BCUT2D eigenvalue weighted by Crippen LogP contribution is -2.31. The van der Waals surface area contributed by atoms with Gasteiger partial charge < -0.3 is 20.1 Å². The summed E-state index contributed by atoms with van der Waals surface area (Å²) in [5, 5.41) is 7.04. The van der Waals surface area contributed by atoms with Crippen LogP contribution in [0.25, 0.3) is 0 Å². The Labute approximate surface area is 149 Å². The molecule has 2 aromatic carbocycles. The van der Waals surface area contributed by atoms with Gasteiger partial charge in [-0.1, -0.05) is 23.8 Å². The molecule has 0 aliphatic heterocycles. The van der Waals surface area contributed by atoms with Gasteiger partial charge in [0.05, 0.1) is 25.9 Å². The van der Waals surface area contributed by atoms with E-state index in [-0.39, 0.29) is 6.04 Å². The predicted molar refractivity (Wildman–Crippen MR) is 103 cm³/mol. The predicted octanol–water partition coefficient (Wildman–Crippen LogP) is 4.37. The van der Waals surface area contributed by atoms with Crippen LogP contribution >= 0.6 is 12.2 Å². The normalized spacial score (nSPS) is 11.5. The van der Waals surface area contributed by atoms with Gasteiger partial charge in [0.2, 0.25) is 0 Å². The van der Waals surface area contributed by atoms with Crippen LogP contribution in [0.1, 0.15) is 29.7 Å². The van der Waals surface area contributed by atoms with Crippen molar-refractivity contribution in [3.05, 3.63) is 53.1 Å². The van der Waals surface area contributed by atoms with E-state index in [2.05, 4.69) is 49.6 Å². The van der Waals surface area contributed by atoms with Gasteiger partial charge in [0.25, 0.3) is 0 Å². The Morgan fingerprint density at radius 1 is 1.04 bits per heavy atom. The number of nitrogens with one attached hydrogen (secondary N) is 2. The van der Waals surface area contributed by atoms with E-state index in [1.807, 2.05) is 18.2 Å². The second-order valence-corrected chi connectivity index (χ2v) is 6.15. The van der Waals surface area contributed by atoms with Crippen LogP contribution in [0.5, 0.6) is 11.5 Å². The number of methoxy groups -OCH3 is 2. The van der Waals surface area contributed by atoms with E-state index < -0.39 is 0 Å². The maximum absolute atomic E-state index is 5.45. The highest BCUT2D eigenvalue weighted by Gasteiger charge is 2.12. The Bertz CT molecular complexity index is 731. The van der Waals surface area contributed by atoms with Gasteiger partial charge in [-0.3, -0.25) is 0 Å². The van der Waals surface area contributed by atoms with Crippen LogP contribution in [-0.4, -0.2) is 19.3 Å². The molecular formula is C19H24N2O2S. The summed E-state index contributed by atoms with van der Waals surface area (Å²) < 4.78 is 10.6. The molecule has 2 rings (SSSR count). The molecule has 0 bridgehead atoms. The van der Waals surface area contributed by atoms with Crippen molar-refractivity contribution in [2.45, 2.75) is 26.8 Å². The first-order valence-corrected chi connectivity index (χ1v) is 8.22. The van der Waals surface area contributed by atoms with Crippen molar-refractivity contribution >= 4 is 23.0 Å². The van der Waals surface area contributed by atoms with E-state index in [1.54, 1.807) is 14.2 Å². The lowest BCUT2D eigenvalue weighted by molar-refractivity contribution is 0.405. The average molecular weight is 344 g/mol. The smallest absolute Gasteiger partial charge is 0.171 e. The molecule has 128 valence electrons. The van der Waals surface area contributed by atoms with Crippen LogP contribution < -0.4 is 20.1 Å². The van der Waals surface area contributed by atoms with Gasteiger partial charge in [-0.2, -0.15) is 0 Å². The molecule has 0 fully saturated rings. The second-order valence-electron chi connectivity index (χ2n) is 5.75. The zero-order valence-electron chi connectivity index (χ0n) is 14.8. The van der Waals surface area contributed by atoms with Crippen molar-refractivity contribution < 1.29 is 9.47 Å². The Kier molecular flexibility index (Phi) is 6.04. The van der Waals surface area contributed by atoms with E-state index in [4.69, 9.17) is 21.7 Å². The summed E-state index contributed by atoms with van der Waals surface area (Å²) in [6, 6.07) is 12.1. The van der Waals surface area contributed by atoms with E-state index in [0.717, 1.165) is 11.4 Å². The third-order valence-electron chi connectivity index (χ3n) is 3.89. The fourth-order valence-corrected chi connectivity index (χ4v) is 2.94. The van der Waals surface area contributed by atoms with Crippen molar-refractivity contribution in [2.75, 3.05) is 19.5 Å². The molecule has 2 aromatic rings. The molecule has 1 atom stereocenters. The first kappa shape index (κ1) is 18.1. The highest BCUT2D eigenvalue weighted by Crippen LogP contribution is 2.29. The van der Waals surface area contributed by atoms with Crippen molar-refractivity contribution in [3.63, 3.8) is 0 Å². The zero-order valence-corrected chi connectivity index (χ0v) is 15.6. The lowest BCUT2D eigenvalue weighted by atomic mass is 10.0. The van der Waals surface area contributed by atoms with Gasteiger partial charge in [0.15, 0.2) is 5.11 Å². The van der Waals surface area contributed by atoms with Gasteiger partial charge in [-0.15, -0.1) is 0 Å². The summed E-state index contributed by atoms with van der Waals surface area (Å²) in [7, 11) is 3.26. The van der Waals surface area contributed by atoms with E-state index in [1.165, 1.54) is 16.7 Å². The van der Waals surface area contributed by atoms with Crippen molar-refractivity contribution in [2.24, 2.45) is 0 Å². The summed E-state index contributed by atoms with van der Waals surface area (Å²) in [4.78, 5) is 0. The van der Waals surface area contributed by atoms with Gasteiger partial charge in [-0.05, 0) is 56.2 Å². The van der Waals surface area contributed by atoms with E-state index in [9.17, 15) is 0 Å². The molecule has 0 saturated heterocycles. The van der Waals surface area contributed by atoms with Crippen molar-refractivity contribution in [3.8, 4) is 11.5 Å². The fourth-order valence-electron chi connectivity index (χ4n) is 2.66. The minimum Gasteiger partial charge on any atom is -0.497 e. The number of ether oxygens (including phenoxy) is 2. The average Bonchev–Trinajstić information content (AvgIpc) is 2.54. The molecule has 4 nitrogen and oxygen atoms in total. The minimum atomic E-state index is 0.0993. The van der Waals surface area contributed by atoms with Crippen molar-refractivity contribution in [1.82, 2.24) is 5.32 Å². The first-order valence-electron chi connectivity index (χ1n) is 7.81. The molecule has 0 radical (unpaired) electrons. The van der Waals surface area contributed by atoms with Gasteiger partial charge in [0.1, 0.15) is 11.5 Å². The van der Waals surface area contributed by atoms with Gasteiger partial charge in [0, 0.05) is 6.07 Å². The van der Waals surface area contributed by atoms with Gasteiger partial charge in [-0.25, -0.2) is 0 Å². The Morgan fingerprint density at radius 3 is 2.42 bits per heavy atom. The molecule has 0 aliphatic carbocycles. The fraction of sp³-hybridized carbons (Fsp3) is 0.316. The minimum absolute atomic E-state index is 0.0993. The lowest BCUT2D eigenvalue weighted by Gasteiger charge is -2.20. The molecule has 0 aliphatic rings. The Balaban J connectivity index is 2.10. The third kappa shape index (κ3) is 4.38. The molecule has 0 amide bonds. The highest BCUT2D eigenvalue weighted by molar-refractivity contribution is 7.80. The summed E-state index contributed by atoms with van der Waals surface area (Å²) in [6.07, 6.45) is 0. The van der Waals surface area contributed by atoms with Crippen molar-refractivity contribution in [1.29, 1.82) is 0 Å². The summed E-state index contributed by atoms with van der Waals surface area (Å²) in [5.41, 5.74) is 4.49. The topological polar surface area (TPSA) is 42.5 Å². The molecule has 1 unspecified atom stereocenters. The largest absolute Gasteiger partial charge is 0.497 e. The van der Waals surface area contributed by atoms with Crippen LogP contribution in [0, 0.1) is 13.8 Å². The van der Waals surface area contributed by atoms with Crippen LogP contribution in [0.15, 0.2) is 36.4 Å². The standard InChI is InChI=1S/C19H24N2O2S/c1-12-6-8-16(13(2)10-12)14(3)20-19(24)21-17-11-15(22-4)7-9-18(17)23-5/h6-11,14H,1-5H3,(H2,20,21,24). The Hall–Kier alpha value is -2.27. The molecule has 0 aromatic heterocycles. The number of anilines is 1. The quantitative estimate of drug-likeness (QED) is 0.789. The number of hydrogen-bond acceptors (Lipinski definition) is 3. The SMILES string of the molecule is COc1ccc(OC)c(NC(=S)NC(C)c2ccc(C)cc2C)c1. The monoisotopic (exact) mass is 344 g/mol. The van der Waals surface area contributed by atoms with E-state index in [0.29, 0.717) is 10.9 Å². The number of aryl methyl sites for hydroxylation is 2. The Morgan fingerprint density at radius 2 is 1.79 bits per heavy atom. The molecule has 0 heterocycles. The summed E-state index contributed by atoms with van der Waals surface area (Å²) in [5.74, 6) is 1.45. The molecule has 5 heteroatoms. The van der Waals surface area contributed by atoms with Crippen LogP contribution in [-0.2, 0) is 0 Å². The molecule has 2 N–H and O–H groups in total. The van der Waals surface area contributed by atoms with Gasteiger partial charge >= 0.3 is 0 Å². The molecule has 0 saturated carbocycles. The van der Waals surface area contributed by atoms with Crippen LogP contribution in [0.3, 0.4) is 0 Å². The van der Waals surface area contributed by atoms with Crippen LogP contribution in [0.2, 0.25) is 0 Å². The highest BCUT2D eigenvalue weighted by atomic mass is 32.1. The van der Waals surface area contributed by atoms with E-state index >= 15 is 0 Å². The maximum Gasteiger partial charge on any atom is 0.171 e. The molecular weight excluding hydrogens is 320 g/mol. The maximum atomic E-state index is 5.45. The zero-order chi connectivity index (χ0) is 17.7. The van der Waals surface area contributed by atoms with Crippen LogP contribution in [0.4, 0.5) is 5.69 Å². The number of thiocarbonyl (C=S) groups is 1. The first-order chi connectivity index (χ1) is 11.4. The number of hydrogen-bond donors (Lipinski definition) is 2. The molecule has 0 spiro atoms. The summed E-state index contributed by atoms with van der Waals surface area (Å²) in [6.45, 7) is 6.30. The number of rotatable bonds is 5. The molecule has 24 heavy (non-hydrogen) atoms. The summed E-state index contributed by atoms with van der Waals surface area (Å²) >= 11 is 5.45. The second kappa shape index (κ2) is 8.02. The third-order valence-corrected chi connectivity index (χ3v) is 4.11.